The fourth-order valence-electron chi connectivity index (χ4n) is 2.01. The molecule has 0 saturated heterocycles. The first-order valence-electron chi connectivity index (χ1n) is 5.03. The van der Waals surface area contributed by atoms with Crippen LogP contribution in [0.3, 0.4) is 0 Å². The molecule has 0 heterocycles. The summed E-state index contributed by atoms with van der Waals surface area (Å²) in [6.45, 7) is 11.6. The summed E-state index contributed by atoms with van der Waals surface area (Å²) in [4.78, 5) is 0. The van der Waals surface area contributed by atoms with Crippen molar-refractivity contribution in [2.24, 2.45) is 10.8 Å². The van der Waals surface area contributed by atoms with Gasteiger partial charge in [0.05, 0.1) is 0 Å². The van der Waals surface area contributed by atoms with Gasteiger partial charge in [0.15, 0.2) is 0 Å². The zero-order chi connectivity index (χ0) is 9.41. The van der Waals surface area contributed by atoms with Crippen molar-refractivity contribution in [2.45, 2.75) is 53.9 Å². The summed E-state index contributed by atoms with van der Waals surface area (Å²) in [5, 5.41) is 0. The van der Waals surface area contributed by atoms with Gasteiger partial charge in [-0.2, -0.15) is 0 Å². The van der Waals surface area contributed by atoms with Crippen LogP contribution in [-0.2, 0) is 0 Å². The van der Waals surface area contributed by atoms with Gasteiger partial charge in [-0.1, -0.05) is 46.3 Å². The van der Waals surface area contributed by atoms with Crippen LogP contribution in [-0.4, -0.2) is 0 Å². The van der Waals surface area contributed by atoms with E-state index in [0.29, 0.717) is 10.8 Å². The van der Waals surface area contributed by atoms with Crippen molar-refractivity contribution in [1.82, 2.24) is 0 Å². The molecule has 0 atom stereocenters. The number of rotatable bonds is 0. The molecule has 0 aromatic rings. The van der Waals surface area contributed by atoms with E-state index in [1.807, 2.05) is 0 Å². The smallest absolute Gasteiger partial charge is 0.0144 e. The molecule has 0 aromatic carbocycles. The van der Waals surface area contributed by atoms with E-state index >= 15 is 0 Å². The number of hydrogen-bond donors (Lipinski definition) is 0. The Morgan fingerprint density at radius 2 is 1.83 bits per heavy atom. The molecule has 0 N–H and O–H groups in total. The van der Waals surface area contributed by atoms with E-state index in [-0.39, 0.29) is 0 Å². The van der Waals surface area contributed by atoms with Crippen LogP contribution < -0.4 is 0 Å². The van der Waals surface area contributed by atoms with Gasteiger partial charge in [-0.25, -0.2) is 0 Å². The molecule has 0 radical (unpaired) electrons. The van der Waals surface area contributed by atoms with Crippen molar-refractivity contribution in [3.8, 4) is 0 Å². The van der Waals surface area contributed by atoms with E-state index in [1.54, 1.807) is 5.57 Å². The SMILES string of the molecule is CC(C)(C)/C=C1\CCCC1(C)C. The van der Waals surface area contributed by atoms with Gasteiger partial charge < -0.3 is 0 Å². The summed E-state index contributed by atoms with van der Waals surface area (Å²) in [7, 11) is 0. The summed E-state index contributed by atoms with van der Waals surface area (Å²) in [6.07, 6.45) is 6.55. The highest BCUT2D eigenvalue weighted by Crippen LogP contribution is 2.43. The van der Waals surface area contributed by atoms with Gasteiger partial charge in [0.1, 0.15) is 0 Å². The van der Waals surface area contributed by atoms with Crippen LogP contribution in [0.2, 0.25) is 0 Å². The molecule has 0 amide bonds. The van der Waals surface area contributed by atoms with Gasteiger partial charge in [-0.15, -0.1) is 0 Å². The molecule has 0 aromatic heterocycles. The zero-order valence-electron chi connectivity index (χ0n) is 9.20. The molecule has 0 aliphatic heterocycles. The molecule has 1 saturated carbocycles. The minimum atomic E-state index is 0.358. The van der Waals surface area contributed by atoms with Gasteiger partial charge >= 0.3 is 0 Å². The van der Waals surface area contributed by atoms with Crippen molar-refractivity contribution in [1.29, 1.82) is 0 Å². The predicted molar refractivity (Wildman–Crippen MR) is 55.2 cm³/mol. The molecular formula is C12H22. The molecule has 0 unspecified atom stereocenters. The average Bonchev–Trinajstić information content (AvgIpc) is 2.07. The summed E-state index contributed by atoms with van der Waals surface area (Å²) < 4.78 is 0. The first-order valence-corrected chi connectivity index (χ1v) is 5.03. The first kappa shape index (κ1) is 9.83. The maximum absolute atomic E-state index is 2.47. The Bertz CT molecular complexity index is 189. The number of allylic oxidation sites excluding steroid dienone is 2. The van der Waals surface area contributed by atoms with E-state index in [2.05, 4.69) is 40.7 Å². The third kappa shape index (κ3) is 2.36. The monoisotopic (exact) mass is 166 g/mol. The van der Waals surface area contributed by atoms with E-state index in [0.717, 1.165) is 0 Å². The van der Waals surface area contributed by atoms with E-state index < -0.39 is 0 Å². The molecule has 0 bridgehead atoms. The quantitative estimate of drug-likeness (QED) is 0.474. The summed E-state index contributed by atoms with van der Waals surface area (Å²) in [6, 6.07) is 0. The lowest BCUT2D eigenvalue weighted by Crippen LogP contribution is -2.11. The largest absolute Gasteiger partial charge is 0.0794 e. The highest BCUT2D eigenvalue weighted by Gasteiger charge is 2.29. The van der Waals surface area contributed by atoms with Crippen LogP contribution >= 0.6 is 0 Å². The van der Waals surface area contributed by atoms with Gasteiger partial charge in [0, 0.05) is 0 Å². The van der Waals surface area contributed by atoms with Crippen LogP contribution in [0, 0.1) is 10.8 Å². The molecule has 1 rings (SSSR count). The van der Waals surface area contributed by atoms with Gasteiger partial charge in [-0.05, 0) is 30.1 Å². The summed E-state index contributed by atoms with van der Waals surface area (Å²) in [5.41, 5.74) is 2.51. The highest BCUT2D eigenvalue weighted by atomic mass is 14.3. The third-order valence-corrected chi connectivity index (χ3v) is 2.72. The molecule has 0 spiro atoms. The highest BCUT2D eigenvalue weighted by molar-refractivity contribution is 5.18. The molecule has 70 valence electrons. The maximum Gasteiger partial charge on any atom is -0.0144 e. The molecule has 1 fully saturated rings. The van der Waals surface area contributed by atoms with Crippen molar-refractivity contribution in [3.63, 3.8) is 0 Å². The fourth-order valence-corrected chi connectivity index (χ4v) is 2.01. The van der Waals surface area contributed by atoms with Crippen molar-refractivity contribution >= 4 is 0 Å². The van der Waals surface area contributed by atoms with Crippen molar-refractivity contribution in [3.05, 3.63) is 11.6 Å². The van der Waals surface area contributed by atoms with Gasteiger partial charge in [-0.3, -0.25) is 0 Å². The van der Waals surface area contributed by atoms with Gasteiger partial charge in [0.2, 0.25) is 0 Å². The standard InChI is InChI=1S/C12H22/c1-11(2,3)9-10-7-6-8-12(10,4)5/h9H,6-8H2,1-5H3/b10-9+. The minimum absolute atomic E-state index is 0.358. The zero-order valence-corrected chi connectivity index (χ0v) is 9.20. The lowest BCUT2D eigenvalue weighted by atomic mass is 9.82. The van der Waals surface area contributed by atoms with Gasteiger partial charge in [0.25, 0.3) is 0 Å². The van der Waals surface area contributed by atoms with Crippen LogP contribution in [0.4, 0.5) is 0 Å². The third-order valence-electron chi connectivity index (χ3n) is 2.72. The Kier molecular flexibility index (Phi) is 2.38. The Morgan fingerprint density at radius 1 is 1.25 bits per heavy atom. The van der Waals surface area contributed by atoms with Crippen LogP contribution in [0.1, 0.15) is 53.9 Å². The minimum Gasteiger partial charge on any atom is -0.0794 e. The summed E-state index contributed by atoms with van der Waals surface area (Å²) >= 11 is 0. The van der Waals surface area contributed by atoms with E-state index in [1.165, 1.54) is 19.3 Å². The number of hydrogen-bond acceptors (Lipinski definition) is 0. The Balaban J connectivity index is 2.82. The van der Waals surface area contributed by atoms with E-state index in [9.17, 15) is 0 Å². The Hall–Kier alpha value is -0.260. The Morgan fingerprint density at radius 3 is 2.17 bits per heavy atom. The van der Waals surface area contributed by atoms with Crippen molar-refractivity contribution in [2.75, 3.05) is 0 Å². The molecule has 1 aliphatic rings. The normalized spacial score (nSPS) is 26.6. The second kappa shape index (κ2) is 2.90. The first-order chi connectivity index (χ1) is 5.31. The van der Waals surface area contributed by atoms with Crippen molar-refractivity contribution < 1.29 is 0 Å². The molecule has 0 heteroatoms. The summed E-state index contributed by atoms with van der Waals surface area (Å²) in [5.74, 6) is 0. The second-order valence-corrected chi connectivity index (χ2v) is 5.77. The average molecular weight is 166 g/mol. The van der Waals surface area contributed by atoms with Crippen LogP contribution in [0.25, 0.3) is 0 Å². The maximum atomic E-state index is 2.47. The second-order valence-electron chi connectivity index (χ2n) is 5.77. The molecule has 12 heavy (non-hydrogen) atoms. The van der Waals surface area contributed by atoms with E-state index in [4.69, 9.17) is 0 Å². The van der Waals surface area contributed by atoms with Crippen LogP contribution in [0.15, 0.2) is 11.6 Å². The molecular weight excluding hydrogens is 144 g/mol. The lowest BCUT2D eigenvalue weighted by Gasteiger charge is -2.23. The predicted octanol–water partition coefficient (Wildman–Crippen LogP) is 4.17. The van der Waals surface area contributed by atoms with Crippen LogP contribution in [0.5, 0.6) is 0 Å². The molecule has 0 nitrogen and oxygen atoms in total. The fraction of sp³-hybridized carbons (Fsp3) is 0.833. The lowest BCUT2D eigenvalue weighted by molar-refractivity contribution is 0.445. The Labute approximate surface area is 77.1 Å². The molecule has 1 aliphatic carbocycles. The topological polar surface area (TPSA) is 0 Å².